The fraction of sp³-hybridized carbons (Fsp3) is 0.421. The lowest BCUT2D eigenvalue weighted by atomic mass is 9.81. The molecule has 5 nitrogen and oxygen atoms in total. The summed E-state index contributed by atoms with van der Waals surface area (Å²) < 4.78 is 42.9. The Morgan fingerprint density at radius 1 is 1.19 bits per heavy atom. The van der Waals surface area contributed by atoms with Crippen LogP contribution in [0.25, 0.3) is 6.08 Å². The second-order valence-corrected chi connectivity index (χ2v) is 6.72. The first-order valence-electron chi connectivity index (χ1n) is 8.77. The molecular formula is C19H20F3N3O2. The van der Waals surface area contributed by atoms with E-state index < -0.39 is 17.3 Å². The predicted octanol–water partition coefficient (Wildman–Crippen LogP) is 4.39. The minimum absolute atomic E-state index is 0.348. The van der Waals surface area contributed by atoms with Gasteiger partial charge in [0, 0.05) is 13.0 Å². The summed E-state index contributed by atoms with van der Waals surface area (Å²) in [6.45, 7) is 1.69. The van der Waals surface area contributed by atoms with Crippen molar-refractivity contribution in [1.29, 1.82) is 0 Å². The van der Waals surface area contributed by atoms with E-state index in [1.165, 1.54) is 24.3 Å². The van der Waals surface area contributed by atoms with E-state index in [0.29, 0.717) is 30.1 Å². The average Bonchev–Trinajstić information content (AvgIpc) is 3.07. The van der Waals surface area contributed by atoms with Crippen LogP contribution in [0.2, 0.25) is 0 Å². The van der Waals surface area contributed by atoms with Gasteiger partial charge in [-0.1, -0.05) is 36.6 Å². The van der Waals surface area contributed by atoms with Crippen molar-refractivity contribution in [3.8, 4) is 0 Å². The highest BCUT2D eigenvalue weighted by molar-refractivity contribution is 5.92. The van der Waals surface area contributed by atoms with Crippen LogP contribution < -0.4 is 5.32 Å². The number of benzene rings is 1. The smallest absolute Gasteiger partial charge is 0.340 e. The number of carbonyl (C=O) groups excluding carboxylic acids is 1. The molecule has 1 N–H and O–H groups in total. The fourth-order valence-corrected chi connectivity index (χ4v) is 3.29. The molecule has 0 saturated heterocycles. The zero-order valence-electron chi connectivity index (χ0n) is 14.8. The molecule has 1 saturated carbocycles. The van der Waals surface area contributed by atoms with Gasteiger partial charge in [0.15, 0.2) is 5.82 Å². The summed E-state index contributed by atoms with van der Waals surface area (Å²) in [4.78, 5) is 16.7. The van der Waals surface area contributed by atoms with E-state index >= 15 is 0 Å². The Kier molecular flexibility index (Phi) is 5.34. The molecule has 1 aromatic heterocycles. The van der Waals surface area contributed by atoms with Crippen molar-refractivity contribution in [2.45, 2.75) is 50.7 Å². The van der Waals surface area contributed by atoms with Gasteiger partial charge in [0.1, 0.15) is 5.54 Å². The molecule has 0 bridgehead atoms. The zero-order chi connectivity index (χ0) is 19.5. The van der Waals surface area contributed by atoms with Gasteiger partial charge in [-0.2, -0.15) is 18.2 Å². The van der Waals surface area contributed by atoms with Crippen molar-refractivity contribution >= 4 is 12.0 Å². The molecule has 1 heterocycles. The van der Waals surface area contributed by atoms with E-state index in [9.17, 15) is 18.0 Å². The number of nitrogens with one attached hydrogen (secondary N) is 1. The molecule has 1 aliphatic carbocycles. The number of aryl methyl sites for hydroxylation is 1. The number of hydrogen-bond donors (Lipinski definition) is 1. The Bertz CT molecular complexity index is 819. The lowest BCUT2D eigenvalue weighted by Crippen LogP contribution is -2.47. The number of halogens is 3. The molecular weight excluding hydrogens is 359 g/mol. The maximum atomic E-state index is 12.6. The number of alkyl halides is 3. The first kappa shape index (κ1) is 19.1. The predicted molar refractivity (Wildman–Crippen MR) is 92.4 cm³/mol. The van der Waals surface area contributed by atoms with Crippen molar-refractivity contribution in [1.82, 2.24) is 15.5 Å². The molecule has 0 radical (unpaired) electrons. The van der Waals surface area contributed by atoms with Crippen LogP contribution in [0.4, 0.5) is 13.2 Å². The molecule has 0 atom stereocenters. The SMILES string of the molecule is Cc1nc(C2(NC(=O)/C=C/c3ccc(C(F)(F)F)cc3)CCCCC2)no1. The minimum Gasteiger partial charge on any atom is -0.340 e. The van der Waals surface area contributed by atoms with Gasteiger partial charge in [-0.3, -0.25) is 4.79 Å². The number of rotatable bonds is 4. The number of hydrogen-bond acceptors (Lipinski definition) is 4. The molecule has 1 aliphatic rings. The summed E-state index contributed by atoms with van der Waals surface area (Å²) >= 11 is 0. The Labute approximate surface area is 154 Å². The maximum Gasteiger partial charge on any atom is 0.416 e. The van der Waals surface area contributed by atoms with Gasteiger partial charge >= 0.3 is 6.18 Å². The topological polar surface area (TPSA) is 68.0 Å². The van der Waals surface area contributed by atoms with Gasteiger partial charge in [-0.05, 0) is 36.6 Å². The lowest BCUT2D eigenvalue weighted by Gasteiger charge is -2.34. The van der Waals surface area contributed by atoms with E-state index in [-0.39, 0.29) is 5.91 Å². The Balaban J connectivity index is 1.72. The maximum absolute atomic E-state index is 12.6. The third-order valence-electron chi connectivity index (χ3n) is 4.69. The minimum atomic E-state index is -4.38. The normalized spacial score (nSPS) is 17.2. The summed E-state index contributed by atoms with van der Waals surface area (Å²) in [5, 5.41) is 6.96. The van der Waals surface area contributed by atoms with Crippen molar-refractivity contribution in [3.05, 3.63) is 53.2 Å². The Morgan fingerprint density at radius 3 is 2.41 bits per heavy atom. The van der Waals surface area contributed by atoms with Crippen molar-refractivity contribution in [2.75, 3.05) is 0 Å². The van der Waals surface area contributed by atoms with Crippen LogP contribution in [0.15, 0.2) is 34.9 Å². The largest absolute Gasteiger partial charge is 0.416 e. The van der Waals surface area contributed by atoms with Gasteiger partial charge in [0.05, 0.1) is 5.56 Å². The van der Waals surface area contributed by atoms with E-state index in [1.54, 1.807) is 6.92 Å². The molecule has 0 spiro atoms. The quantitative estimate of drug-likeness (QED) is 0.801. The highest BCUT2D eigenvalue weighted by atomic mass is 19.4. The summed E-state index contributed by atoms with van der Waals surface area (Å²) in [6, 6.07) is 4.63. The summed E-state index contributed by atoms with van der Waals surface area (Å²) in [6.07, 6.45) is 2.80. The number of nitrogens with zero attached hydrogens (tertiary/aromatic N) is 2. The van der Waals surface area contributed by atoms with E-state index in [0.717, 1.165) is 31.4 Å². The molecule has 27 heavy (non-hydrogen) atoms. The first-order chi connectivity index (χ1) is 12.8. The summed E-state index contributed by atoms with van der Waals surface area (Å²) in [5.41, 5.74) is -0.888. The van der Waals surface area contributed by atoms with Crippen molar-refractivity contribution in [2.24, 2.45) is 0 Å². The van der Waals surface area contributed by atoms with E-state index in [4.69, 9.17) is 4.52 Å². The average molecular weight is 379 g/mol. The van der Waals surface area contributed by atoms with Gasteiger partial charge in [-0.25, -0.2) is 0 Å². The van der Waals surface area contributed by atoms with Gasteiger partial charge in [0.2, 0.25) is 11.8 Å². The van der Waals surface area contributed by atoms with E-state index in [2.05, 4.69) is 15.5 Å². The van der Waals surface area contributed by atoms with Crippen LogP contribution in [-0.2, 0) is 16.5 Å². The third kappa shape index (κ3) is 4.56. The van der Waals surface area contributed by atoms with Crippen LogP contribution >= 0.6 is 0 Å². The van der Waals surface area contributed by atoms with Crippen LogP contribution in [-0.4, -0.2) is 16.0 Å². The van der Waals surface area contributed by atoms with Crippen molar-refractivity contribution < 1.29 is 22.5 Å². The highest BCUT2D eigenvalue weighted by Crippen LogP contribution is 2.35. The van der Waals surface area contributed by atoms with Gasteiger partial charge in [0.25, 0.3) is 0 Å². The lowest BCUT2D eigenvalue weighted by molar-refractivity contribution is -0.137. The molecule has 1 amide bonds. The molecule has 3 rings (SSSR count). The number of amides is 1. The van der Waals surface area contributed by atoms with Gasteiger partial charge in [-0.15, -0.1) is 0 Å². The first-order valence-corrected chi connectivity index (χ1v) is 8.77. The molecule has 0 unspecified atom stereocenters. The second kappa shape index (κ2) is 7.54. The standard InChI is InChI=1S/C19H20F3N3O2/c1-13-23-17(25-27-13)18(11-3-2-4-12-18)24-16(26)10-7-14-5-8-15(9-6-14)19(20,21)22/h5-10H,2-4,11-12H2,1H3,(H,24,26)/b10-7+. The van der Waals surface area contributed by atoms with Crippen LogP contribution in [0.1, 0.15) is 54.9 Å². The molecule has 2 aromatic rings. The summed E-state index contributed by atoms with van der Waals surface area (Å²) in [7, 11) is 0. The highest BCUT2D eigenvalue weighted by Gasteiger charge is 2.39. The van der Waals surface area contributed by atoms with Gasteiger partial charge < -0.3 is 9.84 Å². The zero-order valence-corrected chi connectivity index (χ0v) is 14.8. The fourth-order valence-electron chi connectivity index (χ4n) is 3.29. The molecule has 0 aliphatic heterocycles. The molecule has 144 valence electrons. The van der Waals surface area contributed by atoms with E-state index in [1.807, 2.05) is 0 Å². The van der Waals surface area contributed by atoms with Crippen LogP contribution in [0.5, 0.6) is 0 Å². The summed E-state index contributed by atoms with van der Waals surface area (Å²) in [5.74, 6) is 0.555. The number of aromatic nitrogens is 2. The molecule has 1 fully saturated rings. The molecule has 8 heteroatoms. The van der Waals surface area contributed by atoms with Crippen LogP contribution in [0, 0.1) is 6.92 Å². The third-order valence-corrected chi connectivity index (χ3v) is 4.69. The Hall–Kier alpha value is -2.64. The number of carbonyl (C=O) groups is 1. The second-order valence-electron chi connectivity index (χ2n) is 6.72. The monoisotopic (exact) mass is 379 g/mol. The molecule has 1 aromatic carbocycles. The van der Waals surface area contributed by atoms with Crippen molar-refractivity contribution in [3.63, 3.8) is 0 Å². The Morgan fingerprint density at radius 2 is 1.85 bits per heavy atom. The van der Waals surface area contributed by atoms with Crippen LogP contribution in [0.3, 0.4) is 0 Å².